The third kappa shape index (κ3) is 2.90. The Morgan fingerprint density at radius 2 is 2.33 bits per heavy atom. The third-order valence-corrected chi connectivity index (χ3v) is 4.46. The maximum Gasteiger partial charge on any atom is 0.186 e. The maximum atomic E-state index is 11.0. The molecule has 0 spiro atoms. The molecule has 0 aromatic carbocycles. The first kappa shape index (κ1) is 13.5. The van der Waals surface area contributed by atoms with E-state index in [1.54, 1.807) is 7.11 Å². The highest BCUT2D eigenvalue weighted by atomic mass is 32.1. The second kappa shape index (κ2) is 6.29. The van der Waals surface area contributed by atoms with Gasteiger partial charge in [0.1, 0.15) is 0 Å². The van der Waals surface area contributed by atoms with Crippen molar-refractivity contribution in [1.29, 1.82) is 0 Å². The Bertz CT molecular complexity index is 406. The molecule has 1 aromatic rings. The summed E-state index contributed by atoms with van der Waals surface area (Å²) in [5, 5.41) is 0.971. The molecule has 100 valence electrons. The molecule has 5 heteroatoms. The minimum atomic E-state index is 0.410. The van der Waals surface area contributed by atoms with E-state index in [0.29, 0.717) is 17.5 Å². The van der Waals surface area contributed by atoms with Crippen LogP contribution in [0, 0.1) is 0 Å². The highest BCUT2D eigenvalue weighted by Crippen LogP contribution is 2.30. The second-order valence-corrected chi connectivity index (χ2v) is 5.76. The van der Waals surface area contributed by atoms with Gasteiger partial charge >= 0.3 is 0 Å². The van der Waals surface area contributed by atoms with Crippen molar-refractivity contribution < 1.29 is 9.53 Å². The van der Waals surface area contributed by atoms with E-state index in [1.807, 2.05) is 0 Å². The van der Waals surface area contributed by atoms with Crippen molar-refractivity contribution in [2.75, 3.05) is 18.6 Å². The van der Waals surface area contributed by atoms with E-state index >= 15 is 0 Å². The Hall–Kier alpha value is -0.940. The normalized spacial score (nSPS) is 20.8. The number of anilines is 1. The van der Waals surface area contributed by atoms with Crippen molar-refractivity contribution in [2.24, 2.45) is 0 Å². The summed E-state index contributed by atoms with van der Waals surface area (Å²) in [6.07, 6.45) is 5.87. The largest absolute Gasteiger partial charge is 0.378 e. The molecule has 0 amide bonds. The molecule has 1 saturated heterocycles. The molecule has 0 bridgehead atoms. The van der Waals surface area contributed by atoms with Gasteiger partial charge in [-0.3, -0.25) is 4.79 Å². The van der Waals surface area contributed by atoms with E-state index in [4.69, 9.17) is 4.74 Å². The zero-order valence-corrected chi connectivity index (χ0v) is 11.8. The maximum absolute atomic E-state index is 11.0. The number of thiazole rings is 1. The van der Waals surface area contributed by atoms with Gasteiger partial charge in [0.2, 0.25) is 0 Å². The summed E-state index contributed by atoms with van der Waals surface area (Å²) in [6.45, 7) is 3.69. The molecule has 1 atom stereocenters. The van der Waals surface area contributed by atoms with Gasteiger partial charge in [0, 0.05) is 19.7 Å². The number of hydrogen-bond donors (Lipinski definition) is 0. The third-order valence-electron chi connectivity index (χ3n) is 3.40. The van der Waals surface area contributed by atoms with Gasteiger partial charge in [-0.15, -0.1) is 0 Å². The van der Waals surface area contributed by atoms with Crippen LogP contribution in [0.15, 0.2) is 0 Å². The van der Waals surface area contributed by atoms with E-state index < -0.39 is 0 Å². The van der Waals surface area contributed by atoms with E-state index in [2.05, 4.69) is 16.8 Å². The zero-order valence-electron chi connectivity index (χ0n) is 11.0. The number of carbonyl (C=O) groups excluding carboxylic acids is 1. The van der Waals surface area contributed by atoms with Gasteiger partial charge in [0.05, 0.1) is 17.2 Å². The molecule has 1 aromatic heterocycles. The molecule has 0 aliphatic carbocycles. The van der Waals surface area contributed by atoms with E-state index in [9.17, 15) is 4.79 Å². The van der Waals surface area contributed by atoms with Crippen LogP contribution in [-0.4, -0.2) is 31.0 Å². The topological polar surface area (TPSA) is 42.4 Å². The van der Waals surface area contributed by atoms with Gasteiger partial charge < -0.3 is 9.64 Å². The van der Waals surface area contributed by atoms with Crippen molar-refractivity contribution in [3.05, 3.63) is 10.6 Å². The lowest BCUT2D eigenvalue weighted by molar-refractivity contribution is 0.112. The van der Waals surface area contributed by atoms with Crippen molar-refractivity contribution >= 4 is 22.8 Å². The molecular formula is C13H20N2O2S. The quantitative estimate of drug-likeness (QED) is 0.787. The van der Waals surface area contributed by atoms with E-state index in [0.717, 1.165) is 23.7 Å². The van der Waals surface area contributed by atoms with Crippen LogP contribution in [0.5, 0.6) is 0 Å². The lowest BCUT2D eigenvalue weighted by atomic mass is 10.1. The van der Waals surface area contributed by atoms with Gasteiger partial charge in [0.15, 0.2) is 11.4 Å². The summed E-state index contributed by atoms with van der Waals surface area (Å²) >= 11 is 1.49. The molecular weight excluding hydrogens is 248 g/mol. The minimum Gasteiger partial charge on any atom is -0.378 e. The van der Waals surface area contributed by atoms with Crippen LogP contribution in [0.3, 0.4) is 0 Å². The Morgan fingerprint density at radius 3 is 3.06 bits per heavy atom. The first-order chi connectivity index (χ1) is 8.76. The number of aldehydes is 1. The molecule has 1 unspecified atom stereocenters. The molecule has 4 nitrogen and oxygen atoms in total. The Labute approximate surface area is 112 Å². The zero-order chi connectivity index (χ0) is 13.0. The summed E-state index contributed by atoms with van der Waals surface area (Å²) in [7, 11) is 1.63. The average Bonchev–Trinajstić information content (AvgIpc) is 2.64. The summed E-state index contributed by atoms with van der Waals surface area (Å²) in [5.74, 6) is 0. The molecule has 1 fully saturated rings. The van der Waals surface area contributed by atoms with Crippen LogP contribution in [0.4, 0.5) is 5.13 Å². The first-order valence-corrected chi connectivity index (χ1v) is 7.28. The molecule has 2 heterocycles. The highest BCUT2D eigenvalue weighted by molar-refractivity contribution is 7.17. The predicted octanol–water partition coefficient (Wildman–Crippen LogP) is 2.87. The van der Waals surface area contributed by atoms with Gasteiger partial charge in [-0.2, -0.15) is 0 Å². The van der Waals surface area contributed by atoms with Crippen LogP contribution in [-0.2, 0) is 11.3 Å². The number of aromatic nitrogens is 1. The average molecular weight is 268 g/mol. The predicted molar refractivity (Wildman–Crippen MR) is 73.5 cm³/mol. The standard InChI is InChI=1S/C13H20N2O2S/c1-10-6-4-3-5-7-15(10)13-14-11(9-17-2)12(8-16)18-13/h8,10H,3-7,9H2,1-2H3. The summed E-state index contributed by atoms with van der Waals surface area (Å²) < 4.78 is 5.09. The van der Waals surface area contributed by atoms with Gasteiger partial charge in [-0.05, 0) is 19.8 Å². The monoisotopic (exact) mass is 268 g/mol. The number of nitrogens with zero attached hydrogens (tertiary/aromatic N) is 2. The van der Waals surface area contributed by atoms with Crippen LogP contribution < -0.4 is 4.90 Å². The van der Waals surface area contributed by atoms with Crippen LogP contribution in [0.1, 0.15) is 48.0 Å². The van der Waals surface area contributed by atoms with Crippen molar-refractivity contribution in [3.63, 3.8) is 0 Å². The number of carbonyl (C=O) groups is 1. The molecule has 2 rings (SSSR count). The van der Waals surface area contributed by atoms with Crippen LogP contribution in [0.2, 0.25) is 0 Å². The van der Waals surface area contributed by atoms with Gasteiger partial charge in [0.25, 0.3) is 0 Å². The fourth-order valence-corrected chi connectivity index (χ4v) is 3.38. The highest BCUT2D eigenvalue weighted by Gasteiger charge is 2.21. The number of methoxy groups -OCH3 is 1. The number of hydrogen-bond acceptors (Lipinski definition) is 5. The van der Waals surface area contributed by atoms with Gasteiger partial charge in [-0.25, -0.2) is 4.98 Å². The van der Waals surface area contributed by atoms with Gasteiger partial charge in [-0.1, -0.05) is 24.2 Å². The molecule has 18 heavy (non-hydrogen) atoms. The SMILES string of the molecule is COCc1nc(N2CCCCCC2C)sc1C=O. The first-order valence-electron chi connectivity index (χ1n) is 6.46. The summed E-state index contributed by atoms with van der Waals surface area (Å²) in [4.78, 5) is 18.7. The van der Waals surface area contributed by atoms with E-state index in [-0.39, 0.29) is 0 Å². The Kier molecular flexibility index (Phi) is 4.72. The molecule has 1 aliphatic rings. The van der Waals surface area contributed by atoms with Crippen molar-refractivity contribution in [2.45, 2.75) is 45.3 Å². The fourth-order valence-electron chi connectivity index (χ4n) is 2.36. The Morgan fingerprint density at radius 1 is 1.50 bits per heavy atom. The fraction of sp³-hybridized carbons (Fsp3) is 0.692. The lowest BCUT2D eigenvalue weighted by Crippen LogP contribution is -2.32. The van der Waals surface area contributed by atoms with E-state index in [1.165, 1.54) is 37.0 Å². The molecule has 1 aliphatic heterocycles. The van der Waals surface area contributed by atoms with Crippen LogP contribution >= 0.6 is 11.3 Å². The molecule has 0 N–H and O–H groups in total. The Balaban J connectivity index is 2.23. The van der Waals surface area contributed by atoms with Crippen LogP contribution in [0.25, 0.3) is 0 Å². The minimum absolute atomic E-state index is 0.410. The lowest BCUT2D eigenvalue weighted by Gasteiger charge is -2.26. The molecule has 0 radical (unpaired) electrons. The van der Waals surface area contributed by atoms with Crippen molar-refractivity contribution in [3.8, 4) is 0 Å². The van der Waals surface area contributed by atoms with Crippen molar-refractivity contribution in [1.82, 2.24) is 4.98 Å². The summed E-state index contributed by atoms with van der Waals surface area (Å²) in [6, 6.07) is 0.508. The number of ether oxygens (including phenoxy) is 1. The molecule has 0 saturated carbocycles. The number of rotatable bonds is 4. The smallest absolute Gasteiger partial charge is 0.186 e. The summed E-state index contributed by atoms with van der Waals surface area (Å²) in [5.41, 5.74) is 0.768. The second-order valence-electron chi connectivity index (χ2n) is 4.75.